The molecule has 0 aromatic heterocycles. The van der Waals surface area contributed by atoms with Crippen LogP contribution in [0, 0.1) is 23.7 Å². The monoisotopic (exact) mass is 714 g/mol. The summed E-state index contributed by atoms with van der Waals surface area (Å²) in [5.41, 5.74) is 14.2. The van der Waals surface area contributed by atoms with Crippen molar-refractivity contribution in [3.8, 4) is 44.5 Å². The van der Waals surface area contributed by atoms with E-state index < -0.39 is 0 Å². The molecular weight excluding hydrogens is 673 g/mol. The van der Waals surface area contributed by atoms with E-state index >= 15 is 0 Å². The van der Waals surface area contributed by atoms with Crippen LogP contribution >= 0.6 is 0 Å². The molecule has 0 heteroatoms. The third-order valence-corrected chi connectivity index (χ3v) is 15.0. The maximum atomic E-state index is 2.62. The van der Waals surface area contributed by atoms with Gasteiger partial charge in [0.1, 0.15) is 0 Å². The van der Waals surface area contributed by atoms with Crippen molar-refractivity contribution in [3.63, 3.8) is 0 Å². The second-order valence-electron chi connectivity index (χ2n) is 17.6. The van der Waals surface area contributed by atoms with Gasteiger partial charge in [-0.05, 0) is 173 Å². The van der Waals surface area contributed by atoms with Crippen LogP contribution in [0.5, 0.6) is 0 Å². The van der Waals surface area contributed by atoms with Crippen molar-refractivity contribution in [1.29, 1.82) is 0 Å². The molecule has 4 fully saturated rings. The minimum absolute atomic E-state index is 0.140. The van der Waals surface area contributed by atoms with Crippen LogP contribution in [-0.2, 0) is 5.41 Å². The summed E-state index contributed by atoms with van der Waals surface area (Å²) in [6.45, 7) is 0. The highest BCUT2D eigenvalue weighted by Crippen LogP contribution is 2.70. The summed E-state index contributed by atoms with van der Waals surface area (Å²) >= 11 is 0. The molecule has 0 nitrogen and oxygen atoms in total. The molecular formula is C56H42. The highest BCUT2D eigenvalue weighted by molar-refractivity contribution is 6.24. The third-order valence-electron chi connectivity index (χ3n) is 15.0. The fourth-order valence-electron chi connectivity index (χ4n) is 13.2. The van der Waals surface area contributed by atoms with Gasteiger partial charge in [0.15, 0.2) is 0 Å². The fourth-order valence-corrected chi connectivity index (χ4v) is 13.2. The van der Waals surface area contributed by atoms with Crippen LogP contribution in [0.3, 0.4) is 0 Å². The quantitative estimate of drug-likeness (QED) is 0.160. The molecule has 14 rings (SSSR count). The van der Waals surface area contributed by atoms with Gasteiger partial charge in [0.2, 0.25) is 0 Å². The van der Waals surface area contributed by atoms with E-state index in [0.29, 0.717) is 0 Å². The molecule has 0 heterocycles. The number of fused-ring (bicyclic) bond motifs is 7. The summed E-state index contributed by atoms with van der Waals surface area (Å²) in [6.07, 6.45) is 7.08. The summed E-state index contributed by atoms with van der Waals surface area (Å²) in [5, 5.41) is 10.6. The van der Waals surface area contributed by atoms with Gasteiger partial charge in [-0.2, -0.15) is 0 Å². The van der Waals surface area contributed by atoms with Crippen molar-refractivity contribution < 1.29 is 0 Å². The van der Waals surface area contributed by atoms with Crippen molar-refractivity contribution in [1.82, 2.24) is 0 Å². The first-order valence-electron chi connectivity index (χ1n) is 20.9. The zero-order chi connectivity index (χ0) is 36.5. The second-order valence-corrected chi connectivity index (χ2v) is 17.6. The van der Waals surface area contributed by atoms with Gasteiger partial charge in [-0.15, -0.1) is 0 Å². The normalized spacial score (nSPS) is 23.1. The van der Waals surface area contributed by atoms with Crippen LogP contribution in [0.15, 0.2) is 170 Å². The van der Waals surface area contributed by atoms with Crippen LogP contribution < -0.4 is 0 Å². The van der Waals surface area contributed by atoms with Crippen molar-refractivity contribution >= 4 is 43.1 Å². The highest BCUT2D eigenvalue weighted by atomic mass is 14.6. The average molecular weight is 715 g/mol. The van der Waals surface area contributed by atoms with E-state index in [1.165, 1.54) is 120 Å². The molecule has 4 bridgehead atoms. The molecule has 266 valence electrons. The first kappa shape index (κ1) is 31.2. The lowest BCUT2D eigenvalue weighted by Crippen LogP contribution is -2.55. The topological polar surface area (TPSA) is 0 Å². The van der Waals surface area contributed by atoms with Crippen molar-refractivity contribution in [3.05, 3.63) is 181 Å². The van der Waals surface area contributed by atoms with Gasteiger partial charge in [0, 0.05) is 5.41 Å². The minimum Gasteiger partial charge on any atom is -0.0622 e. The largest absolute Gasteiger partial charge is 0.0622 e. The van der Waals surface area contributed by atoms with Gasteiger partial charge >= 0.3 is 0 Å². The molecule has 0 radical (unpaired) electrons. The van der Waals surface area contributed by atoms with E-state index in [0.717, 1.165) is 23.7 Å². The summed E-state index contributed by atoms with van der Waals surface area (Å²) in [6, 6.07) is 64.9. The molecule has 0 atom stereocenters. The summed E-state index contributed by atoms with van der Waals surface area (Å²) in [7, 11) is 0. The Labute approximate surface area is 328 Å². The SMILES string of the molecule is c1ccc(-c2ccc(-c3c4ccccc4c(-c4ccc5c(c4)-c4cc6ccccc6cc4C54C5CC6CC(C5)CC4C6)c4ccccc34)c3ccccc23)cc1. The Morgan fingerprint density at radius 2 is 0.821 bits per heavy atom. The Morgan fingerprint density at radius 3 is 1.46 bits per heavy atom. The highest BCUT2D eigenvalue weighted by Gasteiger charge is 2.61. The lowest BCUT2D eigenvalue weighted by molar-refractivity contribution is -0.0398. The van der Waals surface area contributed by atoms with E-state index in [-0.39, 0.29) is 5.41 Å². The Balaban J connectivity index is 1.07. The van der Waals surface area contributed by atoms with E-state index in [1.54, 1.807) is 11.1 Å². The van der Waals surface area contributed by atoms with E-state index in [2.05, 4.69) is 170 Å². The van der Waals surface area contributed by atoms with E-state index in [1.807, 2.05) is 0 Å². The molecule has 4 saturated carbocycles. The fraction of sp³-hybridized carbons (Fsp3) is 0.179. The first-order valence-corrected chi connectivity index (χ1v) is 20.9. The summed E-state index contributed by atoms with van der Waals surface area (Å²) in [4.78, 5) is 0. The lowest BCUT2D eigenvalue weighted by Gasteiger charge is -2.61. The molecule has 56 heavy (non-hydrogen) atoms. The standard InChI is InChI=1S/C56H42/c1-2-12-36(13-3-1)42-23-24-49(44-17-7-6-16-43(42)44)55-47-20-10-8-18-45(47)54(46-19-9-11-21-48(46)55)39-22-25-52-50(32-39)51-31-37-14-4-5-15-38(37)33-53(51)56(52)40-27-34-26-35(29-40)30-41(56)28-34/h1-25,31-35,40-41H,26-30H2. The first-order chi connectivity index (χ1) is 27.7. The van der Waals surface area contributed by atoms with Gasteiger partial charge in [-0.3, -0.25) is 0 Å². The zero-order valence-electron chi connectivity index (χ0n) is 31.5. The number of hydrogen-bond acceptors (Lipinski definition) is 0. The molecule has 0 amide bonds. The molecule has 1 spiro atoms. The van der Waals surface area contributed by atoms with Crippen molar-refractivity contribution in [2.24, 2.45) is 23.7 Å². The Bertz CT molecular complexity index is 3010. The molecule has 9 aromatic rings. The zero-order valence-corrected chi connectivity index (χ0v) is 31.5. The van der Waals surface area contributed by atoms with Gasteiger partial charge in [0.25, 0.3) is 0 Å². The lowest BCUT2D eigenvalue weighted by atomic mass is 9.43. The van der Waals surface area contributed by atoms with E-state index in [9.17, 15) is 0 Å². The Morgan fingerprint density at radius 1 is 0.321 bits per heavy atom. The number of rotatable bonds is 3. The van der Waals surface area contributed by atoms with Crippen molar-refractivity contribution in [2.75, 3.05) is 0 Å². The molecule has 5 aliphatic carbocycles. The van der Waals surface area contributed by atoms with Crippen LogP contribution in [0.25, 0.3) is 87.6 Å². The maximum Gasteiger partial charge on any atom is 0.0272 e. The van der Waals surface area contributed by atoms with Gasteiger partial charge in [-0.25, -0.2) is 0 Å². The molecule has 5 aliphatic rings. The van der Waals surface area contributed by atoms with Crippen LogP contribution in [-0.4, -0.2) is 0 Å². The van der Waals surface area contributed by atoms with Crippen molar-refractivity contribution in [2.45, 2.75) is 37.5 Å². The predicted molar refractivity (Wildman–Crippen MR) is 236 cm³/mol. The van der Waals surface area contributed by atoms with Crippen LogP contribution in [0.4, 0.5) is 0 Å². The van der Waals surface area contributed by atoms with Crippen LogP contribution in [0.2, 0.25) is 0 Å². The van der Waals surface area contributed by atoms with Gasteiger partial charge in [-0.1, -0.05) is 152 Å². The minimum atomic E-state index is 0.140. The molecule has 0 saturated heterocycles. The third kappa shape index (κ3) is 4.15. The second kappa shape index (κ2) is 11.5. The van der Waals surface area contributed by atoms with Crippen LogP contribution in [0.1, 0.15) is 43.2 Å². The van der Waals surface area contributed by atoms with E-state index in [4.69, 9.17) is 0 Å². The Hall–Kier alpha value is -5.98. The van der Waals surface area contributed by atoms with Gasteiger partial charge in [0.05, 0.1) is 0 Å². The smallest absolute Gasteiger partial charge is 0.0272 e. The van der Waals surface area contributed by atoms with Gasteiger partial charge < -0.3 is 0 Å². The predicted octanol–water partition coefficient (Wildman–Crippen LogP) is 15.0. The average Bonchev–Trinajstić information content (AvgIpc) is 3.52. The summed E-state index contributed by atoms with van der Waals surface area (Å²) < 4.78 is 0. The number of hydrogen-bond donors (Lipinski definition) is 0. The number of benzene rings is 9. The summed E-state index contributed by atoms with van der Waals surface area (Å²) in [5.74, 6) is 3.35. The maximum absolute atomic E-state index is 2.62. The molecule has 9 aromatic carbocycles. The molecule has 0 N–H and O–H groups in total. The molecule has 0 unspecified atom stereocenters. The Kier molecular flexibility index (Phi) is 6.43. The molecule has 0 aliphatic heterocycles.